The van der Waals surface area contributed by atoms with Gasteiger partial charge in [-0.05, 0) is 62.1 Å². The Bertz CT molecular complexity index is 1380. The van der Waals surface area contributed by atoms with Gasteiger partial charge < -0.3 is 5.32 Å². The van der Waals surface area contributed by atoms with Crippen molar-refractivity contribution >= 4 is 22.2 Å². The van der Waals surface area contributed by atoms with Gasteiger partial charge in [-0.2, -0.15) is 10.2 Å². The van der Waals surface area contributed by atoms with E-state index in [-0.39, 0.29) is 23.4 Å². The zero-order valence-electron chi connectivity index (χ0n) is 17.8. The van der Waals surface area contributed by atoms with E-state index in [0.29, 0.717) is 16.9 Å². The second-order valence-corrected chi connectivity index (χ2v) is 9.09. The number of carbonyl (C=O) groups is 1. The molecule has 7 heteroatoms. The second-order valence-electron chi connectivity index (χ2n) is 9.09. The molecule has 1 aromatic carbocycles. The molecule has 4 aromatic rings. The molecule has 32 heavy (non-hydrogen) atoms. The van der Waals surface area contributed by atoms with Gasteiger partial charge in [-0.1, -0.05) is 24.3 Å². The van der Waals surface area contributed by atoms with Gasteiger partial charge >= 0.3 is 0 Å². The van der Waals surface area contributed by atoms with Crippen molar-refractivity contribution in [1.82, 2.24) is 25.1 Å². The zero-order valence-corrected chi connectivity index (χ0v) is 17.8. The van der Waals surface area contributed by atoms with Gasteiger partial charge in [0.05, 0.1) is 28.4 Å². The minimum atomic E-state index is -0.149. The van der Waals surface area contributed by atoms with Crippen molar-refractivity contribution in [3.8, 4) is 0 Å². The van der Waals surface area contributed by atoms with Crippen molar-refractivity contribution in [2.45, 2.75) is 56.4 Å². The van der Waals surface area contributed by atoms with Crippen LogP contribution in [0.2, 0.25) is 0 Å². The number of nitrogens with zero attached hydrogens (tertiary/aromatic N) is 3. The van der Waals surface area contributed by atoms with Crippen molar-refractivity contribution in [2.24, 2.45) is 0 Å². The summed E-state index contributed by atoms with van der Waals surface area (Å²) in [4.78, 5) is 25.2. The molecule has 0 spiro atoms. The van der Waals surface area contributed by atoms with E-state index in [1.54, 1.807) is 6.20 Å². The third kappa shape index (κ3) is 3.28. The van der Waals surface area contributed by atoms with Crippen molar-refractivity contribution in [3.63, 3.8) is 0 Å². The predicted octanol–water partition coefficient (Wildman–Crippen LogP) is 3.90. The summed E-state index contributed by atoms with van der Waals surface area (Å²) in [5, 5.41) is 16.3. The van der Waals surface area contributed by atoms with Crippen LogP contribution in [0.1, 0.15) is 72.0 Å². The summed E-state index contributed by atoms with van der Waals surface area (Å²) < 4.78 is 1.83. The van der Waals surface area contributed by atoms with Crippen LogP contribution in [0.15, 0.2) is 53.6 Å². The maximum atomic E-state index is 13.1. The molecule has 2 N–H and O–H groups in total. The van der Waals surface area contributed by atoms with Crippen LogP contribution in [0.25, 0.3) is 16.3 Å². The minimum Gasteiger partial charge on any atom is -0.349 e. The van der Waals surface area contributed by atoms with Gasteiger partial charge in [0, 0.05) is 23.5 Å². The van der Waals surface area contributed by atoms with Crippen LogP contribution in [0.5, 0.6) is 0 Å². The first-order valence-electron chi connectivity index (χ1n) is 11.4. The first-order chi connectivity index (χ1) is 15.7. The molecule has 7 nitrogen and oxygen atoms in total. The van der Waals surface area contributed by atoms with Gasteiger partial charge in [-0.15, -0.1) is 0 Å². The number of rotatable bonds is 4. The summed E-state index contributed by atoms with van der Waals surface area (Å²) in [5.74, 6) is 0.796. The van der Waals surface area contributed by atoms with E-state index in [2.05, 4.69) is 26.7 Å². The predicted molar refractivity (Wildman–Crippen MR) is 122 cm³/mol. The van der Waals surface area contributed by atoms with Gasteiger partial charge in [0.25, 0.3) is 11.5 Å². The number of aromatic amines is 1. The molecular weight excluding hydrogens is 402 g/mol. The lowest BCUT2D eigenvalue weighted by Gasteiger charge is -2.29. The average molecular weight is 428 g/mol. The highest BCUT2D eigenvalue weighted by Gasteiger charge is 2.30. The lowest BCUT2D eigenvalue weighted by molar-refractivity contribution is 0.0927. The van der Waals surface area contributed by atoms with Crippen LogP contribution in [-0.4, -0.2) is 31.8 Å². The maximum absolute atomic E-state index is 13.1. The van der Waals surface area contributed by atoms with Crippen LogP contribution in [0.3, 0.4) is 0 Å². The summed E-state index contributed by atoms with van der Waals surface area (Å²) in [7, 11) is 0. The van der Waals surface area contributed by atoms with Crippen LogP contribution in [0, 0.1) is 0 Å². The summed E-state index contributed by atoms with van der Waals surface area (Å²) in [5.41, 5.74) is 3.66. The SMILES string of the molecule is O=C(NC1CCC(c2n[nH]c(=O)c3ccccc23)CC1)c1cnn2cccc(C3CC3)c12. The van der Waals surface area contributed by atoms with E-state index < -0.39 is 0 Å². The first kappa shape index (κ1) is 19.2. The number of hydrogen-bond donors (Lipinski definition) is 2. The number of aromatic nitrogens is 4. The number of nitrogens with one attached hydrogen (secondary N) is 2. The third-order valence-corrected chi connectivity index (χ3v) is 7.01. The van der Waals surface area contributed by atoms with Crippen molar-refractivity contribution in [3.05, 3.63) is 76.0 Å². The highest BCUT2D eigenvalue weighted by atomic mass is 16.1. The van der Waals surface area contributed by atoms with E-state index in [4.69, 9.17) is 0 Å². The first-order valence-corrected chi connectivity index (χ1v) is 11.4. The highest BCUT2D eigenvalue weighted by molar-refractivity contribution is 6.01. The zero-order chi connectivity index (χ0) is 21.7. The van der Waals surface area contributed by atoms with E-state index in [0.717, 1.165) is 42.3 Å². The molecule has 0 bridgehead atoms. The van der Waals surface area contributed by atoms with Gasteiger partial charge in [-0.25, -0.2) is 9.61 Å². The van der Waals surface area contributed by atoms with Crippen LogP contribution >= 0.6 is 0 Å². The fraction of sp³-hybridized carbons (Fsp3) is 0.360. The van der Waals surface area contributed by atoms with E-state index in [1.165, 1.54) is 18.4 Å². The number of fused-ring (bicyclic) bond motifs is 2. The lowest BCUT2D eigenvalue weighted by atomic mass is 9.82. The fourth-order valence-corrected chi connectivity index (χ4v) is 5.18. The van der Waals surface area contributed by atoms with Crippen molar-refractivity contribution in [1.29, 1.82) is 0 Å². The molecular formula is C25H25N5O2. The molecule has 3 aromatic heterocycles. The number of amides is 1. The molecule has 1 amide bonds. The quantitative estimate of drug-likeness (QED) is 0.517. The summed E-state index contributed by atoms with van der Waals surface area (Å²) in [6.45, 7) is 0. The number of benzene rings is 1. The van der Waals surface area contributed by atoms with E-state index in [9.17, 15) is 9.59 Å². The second kappa shape index (κ2) is 7.58. The molecule has 6 rings (SSSR count). The summed E-state index contributed by atoms with van der Waals surface area (Å²) in [6, 6.07) is 11.9. The molecule has 0 aliphatic heterocycles. The van der Waals surface area contributed by atoms with E-state index >= 15 is 0 Å². The Hall–Kier alpha value is -3.48. The molecule has 2 aliphatic carbocycles. The topological polar surface area (TPSA) is 92.1 Å². The standard InChI is InChI=1S/C25H25N5O2/c31-24(21-14-26-30-13-3-6-18(23(21)30)15-7-8-15)27-17-11-9-16(10-12-17)22-19-4-1-2-5-20(19)25(32)29-28-22/h1-6,13-17H,7-12H2,(H,27,31)(H,29,32). The Kier molecular flexibility index (Phi) is 4.56. The molecule has 0 unspecified atom stereocenters. The van der Waals surface area contributed by atoms with Crippen LogP contribution in [0.4, 0.5) is 0 Å². The fourth-order valence-electron chi connectivity index (χ4n) is 5.18. The summed E-state index contributed by atoms with van der Waals surface area (Å²) >= 11 is 0. The third-order valence-electron chi connectivity index (χ3n) is 7.01. The van der Waals surface area contributed by atoms with Gasteiger partial charge in [0.15, 0.2) is 0 Å². The normalized spacial score (nSPS) is 21.1. The van der Waals surface area contributed by atoms with Gasteiger partial charge in [0.2, 0.25) is 0 Å². The lowest BCUT2D eigenvalue weighted by Crippen LogP contribution is -2.37. The Morgan fingerprint density at radius 3 is 2.50 bits per heavy atom. The Balaban J connectivity index is 1.18. The molecule has 0 saturated heterocycles. The smallest absolute Gasteiger partial charge is 0.272 e. The van der Waals surface area contributed by atoms with Crippen LogP contribution < -0.4 is 10.9 Å². The van der Waals surface area contributed by atoms with Gasteiger partial charge in [0.1, 0.15) is 0 Å². The molecule has 2 aliphatic rings. The summed E-state index contributed by atoms with van der Waals surface area (Å²) in [6.07, 6.45) is 9.60. The largest absolute Gasteiger partial charge is 0.349 e. The maximum Gasteiger partial charge on any atom is 0.272 e. The highest BCUT2D eigenvalue weighted by Crippen LogP contribution is 2.42. The van der Waals surface area contributed by atoms with Crippen molar-refractivity contribution < 1.29 is 4.79 Å². The molecule has 0 radical (unpaired) electrons. The monoisotopic (exact) mass is 427 g/mol. The van der Waals surface area contributed by atoms with Gasteiger partial charge in [-0.3, -0.25) is 9.59 Å². The minimum absolute atomic E-state index is 0.0378. The number of hydrogen-bond acceptors (Lipinski definition) is 4. The molecule has 162 valence electrons. The Morgan fingerprint density at radius 2 is 1.72 bits per heavy atom. The average Bonchev–Trinajstić information content (AvgIpc) is 3.58. The Labute approximate surface area is 184 Å². The molecule has 0 atom stereocenters. The van der Waals surface area contributed by atoms with E-state index in [1.807, 2.05) is 41.0 Å². The Morgan fingerprint density at radius 1 is 0.969 bits per heavy atom. The molecule has 3 heterocycles. The molecule has 2 fully saturated rings. The number of carbonyl (C=O) groups excluding carboxylic acids is 1. The number of pyridine rings is 1. The molecule has 2 saturated carbocycles. The van der Waals surface area contributed by atoms with Crippen molar-refractivity contribution in [2.75, 3.05) is 0 Å². The van der Waals surface area contributed by atoms with Crippen LogP contribution in [-0.2, 0) is 0 Å². The number of H-pyrrole nitrogens is 1.